The third kappa shape index (κ3) is 2.58. The van der Waals surface area contributed by atoms with E-state index in [2.05, 4.69) is 10.3 Å². The lowest BCUT2D eigenvalue weighted by atomic mass is 9.74. The van der Waals surface area contributed by atoms with Crippen LogP contribution in [-0.2, 0) is 4.79 Å². The van der Waals surface area contributed by atoms with Gasteiger partial charge in [0.2, 0.25) is 5.56 Å². The number of carboxylic acids is 1. The van der Waals surface area contributed by atoms with Gasteiger partial charge in [0.25, 0.3) is 5.91 Å². The number of aliphatic carboxylic acids is 1. The second-order valence-corrected chi connectivity index (χ2v) is 4.60. The van der Waals surface area contributed by atoms with Crippen molar-refractivity contribution in [2.24, 2.45) is 0 Å². The molecule has 1 heterocycles. The van der Waals surface area contributed by atoms with E-state index in [-0.39, 0.29) is 17.5 Å². The third-order valence-corrected chi connectivity index (χ3v) is 3.22. The Kier molecular flexibility index (Phi) is 3.18. The SMILES string of the molecule is O=C(O)CC1(NC(=O)c2cc[nH]c(=O)c2)CCC1. The maximum absolute atomic E-state index is 11.9. The fourth-order valence-electron chi connectivity index (χ4n) is 2.14. The molecule has 1 aliphatic carbocycles. The number of nitrogens with one attached hydrogen (secondary N) is 2. The average Bonchev–Trinajstić information content (AvgIpc) is 2.25. The van der Waals surface area contributed by atoms with E-state index in [0.29, 0.717) is 12.8 Å². The van der Waals surface area contributed by atoms with Gasteiger partial charge in [0.15, 0.2) is 0 Å². The van der Waals surface area contributed by atoms with Crippen LogP contribution in [0.3, 0.4) is 0 Å². The lowest BCUT2D eigenvalue weighted by Crippen LogP contribution is -2.54. The molecule has 0 saturated heterocycles. The molecular weight excluding hydrogens is 236 g/mol. The molecule has 0 spiro atoms. The monoisotopic (exact) mass is 250 g/mol. The van der Waals surface area contributed by atoms with Gasteiger partial charge < -0.3 is 15.4 Å². The van der Waals surface area contributed by atoms with Crippen LogP contribution in [0.4, 0.5) is 0 Å². The van der Waals surface area contributed by atoms with Crippen molar-refractivity contribution in [3.8, 4) is 0 Å². The molecule has 0 bridgehead atoms. The zero-order valence-electron chi connectivity index (χ0n) is 9.73. The molecule has 3 N–H and O–H groups in total. The van der Waals surface area contributed by atoms with Crippen LogP contribution in [0.2, 0.25) is 0 Å². The lowest BCUT2D eigenvalue weighted by molar-refractivity contribution is -0.139. The standard InChI is InChI=1S/C12H14N2O4/c15-9-6-8(2-5-13-9)11(18)14-12(3-1-4-12)7-10(16)17/h2,5-6H,1,3-4,7H2,(H,13,15)(H,14,18)(H,16,17). The zero-order valence-corrected chi connectivity index (χ0v) is 9.73. The second kappa shape index (κ2) is 4.64. The number of amides is 1. The van der Waals surface area contributed by atoms with Crippen LogP contribution >= 0.6 is 0 Å². The lowest BCUT2D eigenvalue weighted by Gasteiger charge is -2.41. The number of carbonyl (C=O) groups is 2. The number of carboxylic acid groups (broad SMARTS) is 1. The molecule has 6 heteroatoms. The highest BCUT2D eigenvalue weighted by molar-refractivity contribution is 5.94. The van der Waals surface area contributed by atoms with Crippen molar-refractivity contribution in [2.45, 2.75) is 31.2 Å². The first-order chi connectivity index (χ1) is 8.51. The molecule has 6 nitrogen and oxygen atoms in total. The van der Waals surface area contributed by atoms with Crippen LogP contribution in [0, 0.1) is 0 Å². The van der Waals surface area contributed by atoms with Crippen molar-refractivity contribution in [3.05, 3.63) is 34.2 Å². The minimum Gasteiger partial charge on any atom is -0.481 e. The van der Waals surface area contributed by atoms with E-state index in [1.807, 2.05) is 0 Å². The highest BCUT2D eigenvalue weighted by Crippen LogP contribution is 2.35. The Morgan fingerprint density at radius 2 is 2.17 bits per heavy atom. The number of hydrogen-bond acceptors (Lipinski definition) is 3. The summed E-state index contributed by atoms with van der Waals surface area (Å²) in [5.41, 5.74) is -0.759. The molecule has 18 heavy (non-hydrogen) atoms. The molecule has 1 aromatic heterocycles. The molecule has 1 amide bonds. The van der Waals surface area contributed by atoms with Gasteiger partial charge in [-0.3, -0.25) is 14.4 Å². The van der Waals surface area contributed by atoms with Gasteiger partial charge in [0, 0.05) is 17.8 Å². The molecule has 0 radical (unpaired) electrons. The van der Waals surface area contributed by atoms with Gasteiger partial charge in [-0.25, -0.2) is 0 Å². The van der Waals surface area contributed by atoms with Gasteiger partial charge in [-0.2, -0.15) is 0 Å². The highest BCUT2D eigenvalue weighted by atomic mass is 16.4. The predicted octanol–water partition coefficient (Wildman–Crippen LogP) is 0.502. The fourth-order valence-corrected chi connectivity index (χ4v) is 2.14. The first-order valence-electron chi connectivity index (χ1n) is 5.74. The minimum atomic E-state index is -0.930. The Balaban J connectivity index is 2.11. The smallest absolute Gasteiger partial charge is 0.305 e. The molecular formula is C12H14N2O4. The van der Waals surface area contributed by atoms with Crippen molar-refractivity contribution in [3.63, 3.8) is 0 Å². The Morgan fingerprint density at radius 3 is 2.67 bits per heavy atom. The van der Waals surface area contributed by atoms with Crippen LogP contribution < -0.4 is 10.9 Å². The van der Waals surface area contributed by atoms with Gasteiger partial charge >= 0.3 is 5.97 Å². The highest BCUT2D eigenvalue weighted by Gasteiger charge is 2.40. The molecule has 0 aromatic carbocycles. The number of rotatable bonds is 4. The van der Waals surface area contributed by atoms with E-state index in [1.54, 1.807) is 0 Å². The van der Waals surface area contributed by atoms with Gasteiger partial charge in [-0.05, 0) is 25.3 Å². The summed E-state index contributed by atoms with van der Waals surface area (Å²) in [4.78, 5) is 36.2. The van der Waals surface area contributed by atoms with E-state index in [1.165, 1.54) is 18.3 Å². The summed E-state index contributed by atoms with van der Waals surface area (Å²) in [7, 11) is 0. The Hall–Kier alpha value is -2.11. The summed E-state index contributed by atoms with van der Waals surface area (Å²) in [6, 6.07) is 2.69. The van der Waals surface area contributed by atoms with Gasteiger partial charge in [-0.1, -0.05) is 0 Å². The number of hydrogen-bond donors (Lipinski definition) is 3. The molecule has 0 aliphatic heterocycles. The minimum absolute atomic E-state index is 0.0814. The van der Waals surface area contributed by atoms with Crippen molar-refractivity contribution in [2.75, 3.05) is 0 Å². The third-order valence-electron chi connectivity index (χ3n) is 3.22. The normalized spacial score (nSPS) is 16.7. The molecule has 96 valence electrons. The van der Waals surface area contributed by atoms with Crippen LogP contribution in [0.5, 0.6) is 0 Å². The van der Waals surface area contributed by atoms with Gasteiger partial charge in [0.05, 0.1) is 12.0 Å². The summed E-state index contributed by atoms with van der Waals surface area (Å²) in [6.45, 7) is 0. The van der Waals surface area contributed by atoms with Gasteiger partial charge in [0.1, 0.15) is 0 Å². The Morgan fingerprint density at radius 1 is 1.44 bits per heavy atom. The van der Waals surface area contributed by atoms with Crippen LogP contribution in [0.15, 0.2) is 23.1 Å². The van der Waals surface area contributed by atoms with E-state index in [9.17, 15) is 14.4 Å². The van der Waals surface area contributed by atoms with Crippen LogP contribution in [-0.4, -0.2) is 27.5 Å². The van der Waals surface area contributed by atoms with Crippen LogP contribution in [0.1, 0.15) is 36.0 Å². The summed E-state index contributed by atoms with van der Waals surface area (Å²) < 4.78 is 0. The maximum atomic E-state index is 11.9. The Bertz CT molecular complexity index is 531. The van der Waals surface area contributed by atoms with E-state index >= 15 is 0 Å². The van der Waals surface area contributed by atoms with Crippen molar-refractivity contribution >= 4 is 11.9 Å². The summed E-state index contributed by atoms with van der Waals surface area (Å²) in [6.07, 6.45) is 3.54. The van der Waals surface area contributed by atoms with Crippen molar-refractivity contribution in [1.82, 2.24) is 10.3 Å². The number of H-pyrrole nitrogens is 1. The quantitative estimate of drug-likeness (QED) is 0.724. The summed E-state index contributed by atoms with van der Waals surface area (Å²) >= 11 is 0. The molecule has 1 aromatic rings. The number of carbonyl (C=O) groups excluding carboxylic acids is 1. The first-order valence-corrected chi connectivity index (χ1v) is 5.74. The first kappa shape index (κ1) is 12.3. The molecule has 1 aliphatic rings. The predicted molar refractivity (Wildman–Crippen MR) is 63.4 cm³/mol. The van der Waals surface area contributed by atoms with Crippen LogP contribution in [0.25, 0.3) is 0 Å². The van der Waals surface area contributed by atoms with E-state index in [0.717, 1.165) is 6.42 Å². The van der Waals surface area contributed by atoms with E-state index < -0.39 is 17.4 Å². The molecule has 0 unspecified atom stereocenters. The fraction of sp³-hybridized carbons (Fsp3) is 0.417. The van der Waals surface area contributed by atoms with Crippen molar-refractivity contribution in [1.29, 1.82) is 0 Å². The second-order valence-electron chi connectivity index (χ2n) is 4.60. The largest absolute Gasteiger partial charge is 0.481 e. The average molecular weight is 250 g/mol. The topological polar surface area (TPSA) is 99.3 Å². The summed E-state index contributed by atoms with van der Waals surface area (Å²) in [5.74, 6) is -1.33. The zero-order chi connectivity index (χ0) is 13.2. The molecule has 0 atom stereocenters. The number of aromatic nitrogens is 1. The maximum Gasteiger partial charge on any atom is 0.305 e. The summed E-state index contributed by atoms with van der Waals surface area (Å²) in [5, 5.41) is 11.6. The van der Waals surface area contributed by atoms with Gasteiger partial charge in [-0.15, -0.1) is 0 Å². The Labute approximate surface area is 103 Å². The molecule has 1 fully saturated rings. The molecule has 1 saturated carbocycles. The van der Waals surface area contributed by atoms with Crippen molar-refractivity contribution < 1.29 is 14.7 Å². The number of pyridine rings is 1. The number of aromatic amines is 1. The van der Waals surface area contributed by atoms with E-state index in [4.69, 9.17) is 5.11 Å². The molecule has 2 rings (SSSR count).